The fourth-order valence-corrected chi connectivity index (χ4v) is 6.32. The van der Waals surface area contributed by atoms with Crippen molar-refractivity contribution in [2.45, 2.75) is 50.1 Å². The van der Waals surface area contributed by atoms with E-state index in [0.717, 1.165) is 50.6 Å². The number of benzene rings is 1. The summed E-state index contributed by atoms with van der Waals surface area (Å²) in [4.78, 5) is 17.3. The lowest BCUT2D eigenvalue weighted by Crippen LogP contribution is -2.54. The van der Waals surface area contributed by atoms with E-state index in [-0.39, 0.29) is 17.1 Å². The molecular weight excluding hydrogens is 370 g/mol. The SMILES string of the molecule is CC1C2C=CC(CN3CC4(CCC(c5ccccc5)(N(C)C)CC4)NC3=O)=CC1C2. The monoisotopic (exact) mass is 405 g/mol. The second kappa shape index (κ2) is 7.26. The Kier molecular flexibility index (Phi) is 4.81. The normalized spacial score (nSPS) is 37.7. The highest BCUT2D eigenvalue weighted by molar-refractivity contribution is 5.78. The molecule has 1 aromatic carbocycles. The van der Waals surface area contributed by atoms with Crippen LogP contribution < -0.4 is 5.32 Å². The summed E-state index contributed by atoms with van der Waals surface area (Å²) in [6.07, 6.45) is 12.6. The first kappa shape index (κ1) is 19.9. The number of rotatable bonds is 4. The Bertz CT molecular complexity index is 864. The second-order valence-corrected chi connectivity index (χ2v) is 10.4. The van der Waals surface area contributed by atoms with E-state index < -0.39 is 0 Å². The average molecular weight is 406 g/mol. The molecule has 1 aliphatic heterocycles. The van der Waals surface area contributed by atoms with Crippen molar-refractivity contribution in [1.29, 1.82) is 0 Å². The highest BCUT2D eigenvalue weighted by atomic mass is 16.2. The molecule has 30 heavy (non-hydrogen) atoms. The molecule has 1 heterocycles. The molecule has 4 heteroatoms. The summed E-state index contributed by atoms with van der Waals surface area (Å²) in [6.45, 7) is 3.93. The van der Waals surface area contributed by atoms with Crippen LogP contribution in [0.5, 0.6) is 0 Å². The van der Waals surface area contributed by atoms with Gasteiger partial charge in [-0.25, -0.2) is 4.79 Å². The topological polar surface area (TPSA) is 35.6 Å². The maximum Gasteiger partial charge on any atom is 0.318 e. The molecule has 0 aromatic heterocycles. The molecule has 4 aliphatic carbocycles. The van der Waals surface area contributed by atoms with Gasteiger partial charge in [0.05, 0.1) is 5.54 Å². The van der Waals surface area contributed by atoms with E-state index >= 15 is 0 Å². The Hall–Kier alpha value is -2.07. The smallest absolute Gasteiger partial charge is 0.318 e. The lowest BCUT2D eigenvalue weighted by Gasteiger charge is -2.48. The van der Waals surface area contributed by atoms with E-state index in [4.69, 9.17) is 0 Å². The third-order valence-electron chi connectivity index (χ3n) is 8.61. The third-order valence-corrected chi connectivity index (χ3v) is 8.61. The van der Waals surface area contributed by atoms with Gasteiger partial charge in [0, 0.05) is 18.6 Å². The first-order valence-corrected chi connectivity index (χ1v) is 11.6. The zero-order valence-corrected chi connectivity index (χ0v) is 18.6. The summed E-state index contributed by atoms with van der Waals surface area (Å²) < 4.78 is 0. The minimum Gasteiger partial charge on any atom is -0.331 e. The van der Waals surface area contributed by atoms with E-state index in [9.17, 15) is 4.79 Å². The first-order valence-electron chi connectivity index (χ1n) is 11.6. The molecule has 6 rings (SSSR count). The van der Waals surface area contributed by atoms with Gasteiger partial charge in [-0.05, 0) is 75.1 Å². The summed E-state index contributed by atoms with van der Waals surface area (Å²) in [6, 6.07) is 11.0. The number of nitrogens with one attached hydrogen (secondary N) is 1. The number of carbonyl (C=O) groups is 1. The van der Waals surface area contributed by atoms with Crippen LogP contribution in [0, 0.1) is 17.8 Å². The lowest BCUT2D eigenvalue weighted by atomic mass is 9.66. The second-order valence-electron chi connectivity index (χ2n) is 10.4. The number of urea groups is 1. The van der Waals surface area contributed by atoms with Gasteiger partial charge in [-0.15, -0.1) is 0 Å². The molecular formula is C26H35N3O. The van der Waals surface area contributed by atoms with Crippen LogP contribution in [0.2, 0.25) is 0 Å². The molecule has 0 radical (unpaired) electrons. The maximum atomic E-state index is 12.9. The van der Waals surface area contributed by atoms with Gasteiger partial charge >= 0.3 is 6.03 Å². The minimum absolute atomic E-state index is 0.0638. The molecule has 2 amide bonds. The Morgan fingerprint density at radius 2 is 1.83 bits per heavy atom. The quantitative estimate of drug-likeness (QED) is 0.798. The van der Waals surface area contributed by atoms with Crippen molar-refractivity contribution in [2.24, 2.45) is 17.8 Å². The number of hydrogen-bond acceptors (Lipinski definition) is 2. The molecule has 1 saturated heterocycles. The van der Waals surface area contributed by atoms with Crippen LogP contribution >= 0.6 is 0 Å². The van der Waals surface area contributed by atoms with E-state index in [1.807, 2.05) is 0 Å². The molecule has 160 valence electrons. The van der Waals surface area contributed by atoms with E-state index in [1.54, 1.807) is 0 Å². The fourth-order valence-electron chi connectivity index (χ4n) is 6.32. The number of allylic oxidation sites excluding steroid dienone is 2. The van der Waals surface area contributed by atoms with Crippen molar-refractivity contribution < 1.29 is 4.79 Å². The zero-order chi connectivity index (χ0) is 20.9. The van der Waals surface area contributed by atoms with Crippen molar-refractivity contribution >= 4 is 6.03 Å². The van der Waals surface area contributed by atoms with Gasteiger partial charge in [0.1, 0.15) is 0 Å². The van der Waals surface area contributed by atoms with Gasteiger partial charge in [-0.1, -0.05) is 55.5 Å². The number of amides is 2. The predicted octanol–water partition coefficient (Wildman–Crippen LogP) is 4.55. The van der Waals surface area contributed by atoms with E-state index in [0.29, 0.717) is 5.92 Å². The number of carbonyl (C=O) groups excluding carboxylic acids is 1. The van der Waals surface area contributed by atoms with Crippen LogP contribution in [-0.2, 0) is 5.54 Å². The Morgan fingerprint density at radius 1 is 1.10 bits per heavy atom. The fraction of sp³-hybridized carbons (Fsp3) is 0.577. The molecule has 5 aliphatic rings. The Balaban J connectivity index is 1.28. The van der Waals surface area contributed by atoms with Crippen LogP contribution in [0.4, 0.5) is 4.79 Å². The summed E-state index contributed by atoms with van der Waals surface area (Å²) in [5.41, 5.74) is 2.71. The van der Waals surface area contributed by atoms with Crippen molar-refractivity contribution in [2.75, 3.05) is 27.2 Å². The van der Waals surface area contributed by atoms with Crippen molar-refractivity contribution in [3.05, 3.63) is 59.7 Å². The van der Waals surface area contributed by atoms with Crippen LogP contribution in [0.3, 0.4) is 0 Å². The highest BCUT2D eigenvalue weighted by Gasteiger charge is 2.50. The Labute approximate surface area is 181 Å². The standard InChI is InChI=1S/C26H35N3O/c1-19-21-10-9-20(15-22(19)16-21)17-29-18-25(27-24(29)30)11-13-26(14-12-25,28(2)3)23-7-5-4-6-8-23/h4-10,15,19,21-22H,11-14,16-18H2,1-3H3,(H,27,30). The molecule has 2 bridgehead atoms. The molecule has 3 fully saturated rings. The lowest BCUT2D eigenvalue weighted by molar-refractivity contribution is 0.0623. The summed E-state index contributed by atoms with van der Waals surface area (Å²) in [7, 11) is 4.39. The Morgan fingerprint density at radius 3 is 2.50 bits per heavy atom. The number of fused-ring (bicyclic) bond motifs is 1. The van der Waals surface area contributed by atoms with Gasteiger partial charge in [0.25, 0.3) is 0 Å². The predicted molar refractivity (Wildman–Crippen MR) is 121 cm³/mol. The van der Waals surface area contributed by atoms with Gasteiger partial charge in [-0.2, -0.15) is 0 Å². The summed E-state index contributed by atoms with van der Waals surface area (Å²) in [5.74, 6) is 2.19. The highest BCUT2D eigenvalue weighted by Crippen LogP contribution is 2.47. The molecule has 1 spiro atoms. The van der Waals surface area contributed by atoms with Crippen molar-refractivity contribution in [3.8, 4) is 0 Å². The minimum atomic E-state index is -0.0736. The van der Waals surface area contributed by atoms with Gasteiger partial charge in [0.15, 0.2) is 0 Å². The number of nitrogens with zero attached hydrogens (tertiary/aromatic N) is 2. The van der Waals surface area contributed by atoms with Gasteiger partial charge in [-0.3, -0.25) is 4.90 Å². The van der Waals surface area contributed by atoms with Crippen LogP contribution in [-0.4, -0.2) is 48.6 Å². The van der Waals surface area contributed by atoms with Crippen LogP contribution in [0.1, 0.15) is 44.6 Å². The van der Waals surface area contributed by atoms with Crippen LogP contribution in [0.15, 0.2) is 54.1 Å². The van der Waals surface area contributed by atoms with Gasteiger partial charge < -0.3 is 10.2 Å². The molecule has 4 nitrogen and oxygen atoms in total. The average Bonchev–Trinajstić information content (AvgIpc) is 2.90. The number of hydrogen-bond donors (Lipinski definition) is 1. The van der Waals surface area contributed by atoms with E-state index in [2.05, 4.69) is 84.7 Å². The molecule has 2 saturated carbocycles. The van der Waals surface area contributed by atoms with Crippen molar-refractivity contribution in [3.63, 3.8) is 0 Å². The third kappa shape index (κ3) is 3.20. The zero-order valence-electron chi connectivity index (χ0n) is 18.6. The largest absolute Gasteiger partial charge is 0.331 e. The van der Waals surface area contributed by atoms with Gasteiger partial charge in [0.2, 0.25) is 0 Å². The molecule has 1 N–H and O–H groups in total. The summed E-state index contributed by atoms with van der Waals surface area (Å²) >= 11 is 0. The first-order chi connectivity index (χ1) is 14.4. The van der Waals surface area contributed by atoms with E-state index in [1.165, 1.54) is 17.6 Å². The van der Waals surface area contributed by atoms with Crippen molar-refractivity contribution in [1.82, 2.24) is 15.1 Å². The molecule has 3 unspecified atom stereocenters. The molecule has 3 atom stereocenters. The molecule has 1 aromatic rings. The van der Waals surface area contributed by atoms with Crippen LogP contribution in [0.25, 0.3) is 0 Å². The summed E-state index contributed by atoms with van der Waals surface area (Å²) in [5, 5.41) is 3.40. The maximum absolute atomic E-state index is 12.9.